The topological polar surface area (TPSA) is 84.7 Å². The third kappa shape index (κ3) is 4.18. The predicted molar refractivity (Wildman–Crippen MR) is 77.1 cm³/mol. The smallest absolute Gasteiger partial charge is 0.245 e. The SMILES string of the molecule is CCCNC(=O)C1COCCN1C(=O)[C@@H](N)C(C)(C)C. The van der Waals surface area contributed by atoms with Gasteiger partial charge in [-0.1, -0.05) is 27.7 Å². The van der Waals surface area contributed by atoms with E-state index in [9.17, 15) is 9.59 Å². The zero-order valence-corrected chi connectivity index (χ0v) is 12.9. The highest BCUT2D eigenvalue weighted by atomic mass is 16.5. The molecule has 0 spiro atoms. The third-order valence-electron chi connectivity index (χ3n) is 3.46. The van der Waals surface area contributed by atoms with Gasteiger partial charge in [0.15, 0.2) is 0 Å². The van der Waals surface area contributed by atoms with Gasteiger partial charge in [0.1, 0.15) is 6.04 Å². The Morgan fingerprint density at radius 2 is 2.10 bits per heavy atom. The number of nitrogens with two attached hydrogens (primary N) is 1. The van der Waals surface area contributed by atoms with Crippen LogP contribution in [-0.2, 0) is 14.3 Å². The average molecular weight is 285 g/mol. The standard InChI is InChI=1S/C14H27N3O3/c1-5-6-16-12(18)10-9-20-8-7-17(10)13(19)11(15)14(2,3)4/h10-11H,5-9,15H2,1-4H3,(H,16,18)/t10?,11-/m1/s1. The number of nitrogens with zero attached hydrogens (tertiary/aromatic N) is 1. The molecule has 0 aromatic heterocycles. The lowest BCUT2D eigenvalue weighted by molar-refractivity contribution is -0.151. The molecule has 3 N–H and O–H groups in total. The summed E-state index contributed by atoms with van der Waals surface area (Å²) >= 11 is 0. The van der Waals surface area contributed by atoms with Gasteiger partial charge in [-0.3, -0.25) is 9.59 Å². The maximum atomic E-state index is 12.5. The summed E-state index contributed by atoms with van der Waals surface area (Å²) in [5, 5.41) is 2.81. The van der Waals surface area contributed by atoms with Crippen LogP contribution < -0.4 is 11.1 Å². The first-order valence-electron chi connectivity index (χ1n) is 7.20. The molecule has 1 heterocycles. The molecular weight excluding hydrogens is 258 g/mol. The molecule has 0 bridgehead atoms. The molecular formula is C14H27N3O3. The monoisotopic (exact) mass is 285 g/mol. The molecule has 0 radical (unpaired) electrons. The molecule has 1 rings (SSSR count). The van der Waals surface area contributed by atoms with Crippen molar-refractivity contribution in [3.05, 3.63) is 0 Å². The van der Waals surface area contributed by atoms with Crippen molar-refractivity contribution in [2.24, 2.45) is 11.1 Å². The Labute approximate surface area is 121 Å². The number of hydrogen-bond donors (Lipinski definition) is 2. The number of ether oxygens (including phenoxy) is 1. The Morgan fingerprint density at radius 1 is 1.45 bits per heavy atom. The van der Waals surface area contributed by atoms with Crippen molar-refractivity contribution in [3.63, 3.8) is 0 Å². The summed E-state index contributed by atoms with van der Waals surface area (Å²) in [7, 11) is 0. The Morgan fingerprint density at radius 3 is 2.65 bits per heavy atom. The summed E-state index contributed by atoms with van der Waals surface area (Å²) in [6, 6.07) is -1.20. The van der Waals surface area contributed by atoms with Crippen LogP contribution in [0.25, 0.3) is 0 Å². The maximum absolute atomic E-state index is 12.5. The van der Waals surface area contributed by atoms with Crippen molar-refractivity contribution >= 4 is 11.8 Å². The van der Waals surface area contributed by atoms with Crippen molar-refractivity contribution in [1.29, 1.82) is 0 Å². The lowest BCUT2D eigenvalue weighted by Crippen LogP contribution is -2.61. The summed E-state index contributed by atoms with van der Waals surface area (Å²) in [5.74, 6) is -0.349. The van der Waals surface area contributed by atoms with E-state index in [0.717, 1.165) is 6.42 Å². The second-order valence-corrected chi connectivity index (χ2v) is 6.26. The van der Waals surface area contributed by atoms with Gasteiger partial charge in [0.2, 0.25) is 11.8 Å². The van der Waals surface area contributed by atoms with Crippen molar-refractivity contribution in [2.75, 3.05) is 26.3 Å². The van der Waals surface area contributed by atoms with Gasteiger partial charge in [-0.05, 0) is 11.8 Å². The van der Waals surface area contributed by atoms with Gasteiger partial charge in [-0.2, -0.15) is 0 Å². The van der Waals surface area contributed by atoms with Crippen LogP contribution >= 0.6 is 0 Å². The summed E-state index contributed by atoms with van der Waals surface area (Å²) in [6.45, 7) is 9.43. The number of morpholine rings is 1. The van der Waals surface area contributed by atoms with Crippen LogP contribution in [0.3, 0.4) is 0 Å². The van der Waals surface area contributed by atoms with E-state index in [2.05, 4.69) is 5.32 Å². The van der Waals surface area contributed by atoms with Crippen molar-refractivity contribution < 1.29 is 14.3 Å². The molecule has 1 fully saturated rings. The van der Waals surface area contributed by atoms with Crippen LogP contribution in [0.2, 0.25) is 0 Å². The van der Waals surface area contributed by atoms with Gasteiger partial charge in [0.25, 0.3) is 0 Å². The largest absolute Gasteiger partial charge is 0.377 e. The Hall–Kier alpha value is -1.14. The molecule has 1 aliphatic rings. The fourth-order valence-electron chi connectivity index (χ4n) is 2.00. The minimum atomic E-state index is -0.623. The molecule has 6 heteroatoms. The summed E-state index contributed by atoms with van der Waals surface area (Å²) in [4.78, 5) is 26.2. The minimum Gasteiger partial charge on any atom is -0.377 e. The van der Waals surface area contributed by atoms with Crippen LogP contribution in [0.4, 0.5) is 0 Å². The normalized spacial score (nSPS) is 21.4. The van der Waals surface area contributed by atoms with Crippen LogP contribution in [0.15, 0.2) is 0 Å². The highest BCUT2D eigenvalue weighted by Crippen LogP contribution is 2.21. The molecule has 1 unspecified atom stereocenters. The van der Waals surface area contributed by atoms with E-state index in [-0.39, 0.29) is 23.8 Å². The highest BCUT2D eigenvalue weighted by Gasteiger charge is 2.38. The number of carbonyl (C=O) groups is 2. The number of amides is 2. The average Bonchev–Trinajstić information content (AvgIpc) is 2.42. The third-order valence-corrected chi connectivity index (χ3v) is 3.46. The molecule has 0 aromatic carbocycles. The van der Waals surface area contributed by atoms with E-state index in [4.69, 9.17) is 10.5 Å². The Bertz CT molecular complexity index is 352. The zero-order valence-electron chi connectivity index (χ0n) is 12.9. The Balaban J connectivity index is 2.78. The van der Waals surface area contributed by atoms with Gasteiger partial charge >= 0.3 is 0 Å². The van der Waals surface area contributed by atoms with E-state index in [0.29, 0.717) is 19.7 Å². The first-order valence-corrected chi connectivity index (χ1v) is 7.20. The van der Waals surface area contributed by atoms with E-state index < -0.39 is 12.1 Å². The number of carbonyl (C=O) groups excluding carboxylic acids is 2. The molecule has 20 heavy (non-hydrogen) atoms. The summed E-state index contributed by atoms with van der Waals surface area (Å²) in [6.07, 6.45) is 0.856. The molecule has 2 atom stereocenters. The molecule has 1 aliphatic heterocycles. The van der Waals surface area contributed by atoms with Gasteiger partial charge in [-0.25, -0.2) is 0 Å². The van der Waals surface area contributed by atoms with Gasteiger partial charge in [-0.15, -0.1) is 0 Å². The second kappa shape index (κ2) is 7.04. The van der Waals surface area contributed by atoms with Crippen LogP contribution in [0.5, 0.6) is 0 Å². The van der Waals surface area contributed by atoms with Gasteiger partial charge in [0.05, 0.1) is 19.3 Å². The van der Waals surface area contributed by atoms with E-state index >= 15 is 0 Å². The Kier molecular flexibility index (Phi) is 5.95. The lowest BCUT2D eigenvalue weighted by atomic mass is 9.86. The van der Waals surface area contributed by atoms with Gasteiger partial charge < -0.3 is 20.7 Å². The van der Waals surface area contributed by atoms with E-state index in [1.807, 2.05) is 27.7 Å². The van der Waals surface area contributed by atoms with Crippen LogP contribution in [0, 0.1) is 5.41 Å². The van der Waals surface area contributed by atoms with E-state index in [1.54, 1.807) is 4.90 Å². The van der Waals surface area contributed by atoms with Crippen molar-refractivity contribution in [3.8, 4) is 0 Å². The molecule has 6 nitrogen and oxygen atoms in total. The fraction of sp³-hybridized carbons (Fsp3) is 0.857. The van der Waals surface area contributed by atoms with E-state index in [1.165, 1.54) is 0 Å². The molecule has 0 aromatic rings. The second-order valence-electron chi connectivity index (χ2n) is 6.26. The fourth-order valence-corrected chi connectivity index (χ4v) is 2.00. The van der Waals surface area contributed by atoms with Crippen molar-refractivity contribution in [2.45, 2.75) is 46.2 Å². The first-order chi connectivity index (χ1) is 9.29. The first kappa shape index (κ1) is 16.9. The van der Waals surface area contributed by atoms with Crippen molar-refractivity contribution in [1.82, 2.24) is 10.2 Å². The minimum absolute atomic E-state index is 0.166. The number of nitrogens with one attached hydrogen (secondary N) is 1. The molecule has 116 valence electrons. The predicted octanol–water partition coefficient (Wildman–Crippen LogP) is 0.113. The van der Waals surface area contributed by atoms with Crippen LogP contribution in [0.1, 0.15) is 34.1 Å². The quantitative estimate of drug-likeness (QED) is 0.768. The molecule has 0 saturated carbocycles. The molecule has 1 saturated heterocycles. The van der Waals surface area contributed by atoms with Crippen LogP contribution in [-0.4, -0.2) is 55.1 Å². The summed E-state index contributed by atoms with van der Waals surface area (Å²) in [5.41, 5.74) is 5.69. The van der Waals surface area contributed by atoms with Gasteiger partial charge in [0, 0.05) is 13.1 Å². The zero-order chi connectivity index (χ0) is 15.3. The highest BCUT2D eigenvalue weighted by molar-refractivity contribution is 5.90. The lowest BCUT2D eigenvalue weighted by Gasteiger charge is -2.38. The number of rotatable bonds is 4. The summed E-state index contributed by atoms with van der Waals surface area (Å²) < 4.78 is 5.33. The number of hydrogen-bond acceptors (Lipinski definition) is 4. The maximum Gasteiger partial charge on any atom is 0.245 e. The molecule has 2 amide bonds. The molecule has 0 aliphatic carbocycles.